The van der Waals surface area contributed by atoms with E-state index in [9.17, 15) is 14.7 Å². The largest absolute Gasteiger partial charge is 0.391 e. The Kier molecular flexibility index (Phi) is 5.25. The molecule has 25 heavy (non-hydrogen) atoms. The van der Waals surface area contributed by atoms with Crippen molar-refractivity contribution in [2.45, 2.75) is 12.5 Å². The van der Waals surface area contributed by atoms with Crippen LogP contribution in [0.4, 0.5) is 0 Å². The summed E-state index contributed by atoms with van der Waals surface area (Å²) in [5.74, 6) is -0.947. The van der Waals surface area contributed by atoms with Crippen molar-refractivity contribution in [3.8, 4) is 0 Å². The number of para-hydroxylation sites is 1. The lowest BCUT2D eigenvalue weighted by atomic mass is 9.99. The zero-order chi connectivity index (χ0) is 17.8. The Balaban J connectivity index is 1.59. The van der Waals surface area contributed by atoms with E-state index in [0.29, 0.717) is 13.0 Å². The van der Waals surface area contributed by atoms with Crippen molar-refractivity contribution < 1.29 is 19.4 Å². The van der Waals surface area contributed by atoms with Crippen molar-refractivity contribution >= 4 is 22.7 Å². The number of hydrogen-bond donors (Lipinski definition) is 2. The summed E-state index contributed by atoms with van der Waals surface area (Å²) >= 11 is 0. The van der Waals surface area contributed by atoms with Gasteiger partial charge in [-0.05, 0) is 18.6 Å². The highest BCUT2D eigenvalue weighted by Crippen LogP contribution is 2.22. The number of fused-ring (bicyclic) bond motifs is 1. The molecule has 1 aliphatic rings. The van der Waals surface area contributed by atoms with Gasteiger partial charge in [-0.2, -0.15) is 0 Å². The maximum absolute atomic E-state index is 12.1. The number of amides is 2. The molecule has 132 valence electrons. The molecular formula is C18H21N3O4. The van der Waals surface area contributed by atoms with Crippen molar-refractivity contribution in [2.75, 3.05) is 26.3 Å². The molecule has 2 amide bonds. The lowest BCUT2D eigenvalue weighted by Crippen LogP contribution is -2.34. The molecule has 7 heteroatoms. The first kappa shape index (κ1) is 17.3. The molecular weight excluding hydrogens is 322 g/mol. The topological polar surface area (TPSA) is 106 Å². The van der Waals surface area contributed by atoms with E-state index in [1.165, 1.54) is 0 Å². The summed E-state index contributed by atoms with van der Waals surface area (Å²) in [4.78, 5) is 28.9. The molecule has 2 aromatic rings. The number of nitrogens with zero attached hydrogens (tertiary/aromatic N) is 2. The smallest absolute Gasteiger partial charge is 0.248 e. The van der Waals surface area contributed by atoms with Crippen molar-refractivity contribution in [1.29, 1.82) is 0 Å². The molecule has 0 saturated carbocycles. The standard InChI is InChI=1S/C18H21N3O4/c19-17(23)10-25-11-18(24)21-8-13(16(22)9-21)7-14-6-5-12-3-1-2-4-15(12)20-14/h1-6,13,16,22H,7-11H2,(H2,19,23)/t13-,16-/m1/s1. The van der Waals surface area contributed by atoms with Crippen LogP contribution >= 0.6 is 0 Å². The monoisotopic (exact) mass is 343 g/mol. The number of rotatable bonds is 6. The van der Waals surface area contributed by atoms with E-state index >= 15 is 0 Å². The van der Waals surface area contributed by atoms with Gasteiger partial charge in [0.1, 0.15) is 13.2 Å². The van der Waals surface area contributed by atoms with Crippen LogP contribution in [0, 0.1) is 5.92 Å². The molecule has 3 N–H and O–H groups in total. The van der Waals surface area contributed by atoms with Gasteiger partial charge < -0.3 is 20.5 Å². The maximum Gasteiger partial charge on any atom is 0.248 e. The first-order valence-electron chi connectivity index (χ1n) is 8.19. The van der Waals surface area contributed by atoms with E-state index < -0.39 is 12.0 Å². The number of primary amides is 1. The summed E-state index contributed by atoms with van der Waals surface area (Å²) in [6.07, 6.45) is -0.00821. The molecule has 2 atom stereocenters. The van der Waals surface area contributed by atoms with E-state index in [4.69, 9.17) is 10.5 Å². The molecule has 1 aromatic carbocycles. The van der Waals surface area contributed by atoms with Gasteiger partial charge in [-0.1, -0.05) is 24.3 Å². The third kappa shape index (κ3) is 4.32. The molecule has 1 aliphatic heterocycles. The van der Waals surface area contributed by atoms with Gasteiger partial charge >= 0.3 is 0 Å². The average Bonchev–Trinajstić information content (AvgIpc) is 2.95. The molecule has 3 rings (SSSR count). The maximum atomic E-state index is 12.1. The molecule has 0 spiro atoms. The predicted octanol–water partition coefficient (Wildman–Crippen LogP) is 0.0985. The van der Waals surface area contributed by atoms with E-state index in [2.05, 4.69) is 4.98 Å². The molecule has 0 bridgehead atoms. The Morgan fingerprint density at radius 3 is 2.80 bits per heavy atom. The zero-order valence-electron chi connectivity index (χ0n) is 13.8. The van der Waals surface area contributed by atoms with Gasteiger partial charge in [0.25, 0.3) is 0 Å². The van der Waals surface area contributed by atoms with Crippen LogP contribution in [0.5, 0.6) is 0 Å². The average molecular weight is 343 g/mol. The lowest BCUT2D eigenvalue weighted by Gasteiger charge is -2.16. The van der Waals surface area contributed by atoms with Crippen LogP contribution in [0.3, 0.4) is 0 Å². The summed E-state index contributed by atoms with van der Waals surface area (Å²) in [7, 11) is 0. The molecule has 1 saturated heterocycles. The molecule has 1 aromatic heterocycles. The van der Waals surface area contributed by atoms with Crippen LogP contribution in [0.2, 0.25) is 0 Å². The Labute approximate surface area is 145 Å². The van der Waals surface area contributed by atoms with E-state index in [1.807, 2.05) is 36.4 Å². The number of aliphatic hydroxyl groups excluding tert-OH is 1. The van der Waals surface area contributed by atoms with Crippen LogP contribution in [0.25, 0.3) is 10.9 Å². The Hall–Kier alpha value is -2.51. The zero-order valence-corrected chi connectivity index (χ0v) is 13.8. The van der Waals surface area contributed by atoms with Gasteiger partial charge in [-0.25, -0.2) is 0 Å². The van der Waals surface area contributed by atoms with Crippen LogP contribution in [0.1, 0.15) is 5.69 Å². The fraction of sp³-hybridized carbons (Fsp3) is 0.389. The molecule has 0 radical (unpaired) electrons. The Morgan fingerprint density at radius 2 is 2.00 bits per heavy atom. The normalized spacial score (nSPS) is 20.1. The number of nitrogens with two attached hydrogens (primary N) is 1. The van der Waals surface area contributed by atoms with Crippen LogP contribution in [0.15, 0.2) is 36.4 Å². The van der Waals surface area contributed by atoms with Crippen molar-refractivity contribution in [3.63, 3.8) is 0 Å². The van der Waals surface area contributed by atoms with Crippen molar-refractivity contribution in [2.24, 2.45) is 11.7 Å². The number of β-amino-alcohol motifs (C(OH)–C–C–N with tert-alkyl or cyclic N) is 1. The second-order valence-corrected chi connectivity index (χ2v) is 6.28. The number of ether oxygens (including phenoxy) is 1. The third-order valence-electron chi connectivity index (χ3n) is 4.36. The Bertz CT molecular complexity index is 780. The second kappa shape index (κ2) is 7.58. The van der Waals surface area contributed by atoms with Gasteiger partial charge in [0.2, 0.25) is 11.8 Å². The van der Waals surface area contributed by atoms with E-state index in [1.54, 1.807) is 4.90 Å². The van der Waals surface area contributed by atoms with Crippen LogP contribution in [-0.2, 0) is 20.7 Å². The summed E-state index contributed by atoms with van der Waals surface area (Å²) in [6.45, 7) is 0.203. The fourth-order valence-corrected chi connectivity index (χ4v) is 3.08. The molecule has 0 unspecified atom stereocenters. The fourth-order valence-electron chi connectivity index (χ4n) is 3.08. The number of aliphatic hydroxyl groups is 1. The quantitative estimate of drug-likeness (QED) is 0.774. The van der Waals surface area contributed by atoms with Crippen LogP contribution in [-0.4, -0.2) is 59.2 Å². The summed E-state index contributed by atoms with van der Waals surface area (Å²) in [5.41, 5.74) is 6.77. The number of carbonyl (C=O) groups excluding carboxylic acids is 2. The van der Waals surface area contributed by atoms with Gasteiger partial charge in [-0.15, -0.1) is 0 Å². The highest BCUT2D eigenvalue weighted by atomic mass is 16.5. The van der Waals surface area contributed by atoms with Crippen molar-refractivity contribution in [3.05, 3.63) is 42.1 Å². The minimum absolute atomic E-state index is 0.0752. The molecule has 2 heterocycles. The molecule has 7 nitrogen and oxygen atoms in total. The highest BCUT2D eigenvalue weighted by Gasteiger charge is 2.34. The first-order chi connectivity index (χ1) is 12.0. The SMILES string of the molecule is NC(=O)COCC(=O)N1C[C@@H](Cc2ccc3ccccc3n2)[C@H](O)C1. The van der Waals surface area contributed by atoms with Gasteiger partial charge in [0.15, 0.2) is 0 Å². The number of benzene rings is 1. The summed E-state index contributed by atoms with van der Waals surface area (Å²) in [6, 6.07) is 11.8. The van der Waals surface area contributed by atoms with Crippen LogP contribution < -0.4 is 5.73 Å². The Morgan fingerprint density at radius 1 is 1.20 bits per heavy atom. The van der Waals surface area contributed by atoms with Gasteiger partial charge in [0.05, 0.1) is 11.6 Å². The number of likely N-dealkylation sites (tertiary alicyclic amines) is 1. The van der Waals surface area contributed by atoms with Gasteiger partial charge in [-0.3, -0.25) is 14.6 Å². The molecule has 0 aliphatic carbocycles. The number of hydrogen-bond acceptors (Lipinski definition) is 5. The lowest BCUT2D eigenvalue weighted by molar-refractivity contribution is -0.137. The van der Waals surface area contributed by atoms with E-state index in [0.717, 1.165) is 16.6 Å². The number of aromatic nitrogens is 1. The number of pyridine rings is 1. The minimum atomic E-state index is -0.616. The third-order valence-corrected chi connectivity index (χ3v) is 4.36. The molecule has 1 fully saturated rings. The van der Waals surface area contributed by atoms with Gasteiger partial charge in [0, 0.05) is 30.1 Å². The first-order valence-corrected chi connectivity index (χ1v) is 8.19. The number of carbonyl (C=O) groups is 2. The summed E-state index contributed by atoms with van der Waals surface area (Å²) < 4.78 is 4.95. The predicted molar refractivity (Wildman–Crippen MR) is 91.5 cm³/mol. The highest BCUT2D eigenvalue weighted by molar-refractivity contribution is 5.79. The minimum Gasteiger partial charge on any atom is -0.391 e. The van der Waals surface area contributed by atoms with Crippen molar-refractivity contribution in [1.82, 2.24) is 9.88 Å². The second-order valence-electron chi connectivity index (χ2n) is 6.28. The van der Waals surface area contributed by atoms with E-state index in [-0.39, 0.29) is 31.6 Å². The summed E-state index contributed by atoms with van der Waals surface area (Å²) in [5, 5.41) is 11.3.